The maximum Gasteiger partial charge on any atom is 0.0766 e. The van der Waals surface area contributed by atoms with Gasteiger partial charge in [-0.1, -0.05) is 44.8 Å². The highest BCUT2D eigenvalue weighted by Gasteiger charge is 2.18. The molecule has 1 aromatic heterocycles. The first-order chi connectivity index (χ1) is 9.97. The predicted octanol–water partition coefficient (Wildman–Crippen LogP) is 5.00. The second-order valence-electron chi connectivity index (χ2n) is 4.85. The van der Waals surface area contributed by atoms with Gasteiger partial charge in [-0.15, -0.1) is 0 Å². The van der Waals surface area contributed by atoms with E-state index in [9.17, 15) is 0 Å². The van der Waals surface area contributed by atoms with Gasteiger partial charge < -0.3 is 5.73 Å². The Morgan fingerprint density at radius 2 is 1.95 bits per heavy atom. The molecular weight excluding hydrogens is 462 g/mol. The van der Waals surface area contributed by atoms with Gasteiger partial charge in [0.15, 0.2) is 0 Å². The van der Waals surface area contributed by atoms with E-state index in [1.54, 1.807) is 0 Å². The van der Waals surface area contributed by atoms with Crippen LogP contribution >= 0.6 is 47.8 Å². The zero-order chi connectivity index (χ0) is 15.6. The Morgan fingerprint density at radius 3 is 2.52 bits per heavy atom. The maximum absolute atomic E-state index is 6.41. The largest absolute Gasteiger partial charge is 0.324 e. The van der Waals surface area contributed by atoms with E-state index in [1.807, 2.05) is 16.8 Å². The number of aryl methyl sites for hydroxylation is 2. The average molecular weight is 480 g/mol. The predicted molar refractivity (Wildman–Crippen MR) is 97.5 cm³/mol. The minimum Gasteiger partial charge on any atom is -0.324 e. The molecule has 0 aliphatic rings. The highest BCUT2D eigenvalue weighted by molar-refractivity contribution is 9.11. The highest BCUT2D eigenvalue weighted by Crippen LogP contribution is 2.30. The summed E-state index contributed by atoms with van der Waals surface area (Å²) in [5.41, 5.74) is 9.77. The van der Waals surface area contributed by atoms with Gasteiger partial charge in [0, 0.05) is 28.0 Å². The molecule has 0 aliphatic heterocycles. The number of halogens is 3. The first-order valence-electron chi connectivity index (χ1n) is 6.92. The molecule has 114 valence electrons. The molecule has 2 rings (SSSR count). The van der Waals surface area contributed by atoms with Crippen molar-refractivity contribution in [2.45, 2.75) is 39.3 Å². The normalized spacial score (nSPS) is 12.7. The second-order valence-corrected chi connectivity index (χ2v) is 7.42. The fourth-order valence-electron chi connectivity index (χ4n) is 2.33. The molecule has 0 saturated carbocycles. The van der Waals surface area contributed by atoms with Gasteiger partial charge in [0.1, 0.15) is 0 Å². The van der Waals surface area contributed by atoms with Crippen LogP contribution in [0.1, 0.15) is 36.8 Å². The number of hydrogen-bond donors (Lipinski definition) is 1. The van der Waals surface area contributed by atoms with Crippen LogP contribution in [0.25, 0.3) is 0 Å². The first kappa shape index (κ1) is 17.2. The average Bonchev–Trinajstić information content (AvgIpc) is 2.75. The third-order valence-corrected chi connectivity index (χ3v) is 5.56. The summed E-state index contributed by atoms with van der Waals surface area (Å²) in [7, 11) is 0. The lowest BCUT2D eigenvalue weighted by molar-refractivity contribution is 0.584. The molecule has 2 aromatic rings. The van der Waals surface area contributed by atoms with E-state index in [0.717, 1.165) is 49.8 Å². The Balaban J connectivity index is 2.31. The van der Waals surface area contributed by atoms with Crippen LogP contribution in [0.3, 0.4) is 0 Å². The molecule has 0 aliphatic carbocycles. The molecule has 0 fully saturated rings. The minimum atomic E-state index is -0.0736. The molecule has 1 aromatic carbocycles. The van der Waals surface area contributed by atoms with Crippen LogP contribution < -0.4 is 5.73 Å². The molecule has 6 heteroatoms. The van der Waals surface area contributed by atoms with Crippen molar-refractivity contribution in [2.75, 3.05) is 0 Å². The Labute approximate surface area is 150 Å². The van der Waals surface area contributed by atoms with Crippen LogP contribution in [0.5, 0.6) is 0 Å². The summed E-state index contributed by atoms with van der Waals surface area (Å²) in [6.07, 6.45) is 1.67. The van der Waals surface area contributed by atoms with Gasteiger partial charge in [-0.3, -0.25) is 4.68 Å². The van der Waals surface area contributed by atoms with E-state index in [0.29, 0.717) is 0 Å². The maximum atomic E-state index is 6.41. The molecule has 21 heavy (non-hydrogen) atoms. The second kappa shape index (κ2) is 7.40. The first-order valence-corrected chi connectivity index (χ1v) is 9.30. The molecular formula is C15H18Br3N3. The summed E-state index contributed by atoms with van der Waals surface area (Å²) in [6.45, 7) is 5.06. The number of benzene rings is 1. The molecule has 0 saturated heterocycles. The van der Waals surface area contributed by atoms with Crippen molar-refractivity contribution in [3.05, 3.63) is 48.6 Å². The molecule has 0 amide bonds. The van der Waals surface area contributed by atoms with E-state index < -0.39 is 0 Å². The summed E-state index contributed by atoms with van der Waals surface area (Å²) < 4.78 is 5.20. The van der Waals surface area contributed by atoms with E-state index >= 15 is 0 Å². The van der Waals surface area contributed by atoms with E-state index in [4.69, 9.17) is 5.73 Å². The standard InChI is InChI=1S/C15H18Br3N3/c1-3-13-15(18)14(21(4-2)20-13)8-12(19)10-6-5-9(16)7-11(10)17/h5-7,12H,3-4,8,19H2,1-2H3. The topological polar surface area (TPSA) is 43.8 Å². The van der Waals surface area contributed by atoms with E-state index in [2.05, 4.69) is 72.8 Å². The Kier molecular flexibility index (Phi) is 6.05. The lowest BCUT2D eigenvalue weighted by atomic mass is 10.0. The zero-order valence-corrected chi connectivity index (χ0v) is 16.8. The van der Waals surface area contributed by atoms with Gasteiger partial charge in [0.05, 0.1) is 15.9 Å². The van der Waals surface area contributed by atoms with Gasteiger partial charge in [0.25, 0.3) is 0 Å². The van der Waals surface area contributed by atoms with Crippen molar-refractivity contribution in [2.24, 2.45) is 5.73 Å². The SMILES string of the molecule is CCc1nn(CC)c(CC(N)c2ccc(Br)cc2Br)c1Br. The quantitative estimate of drug-likeness (QED) is 0.656. The van der Waals surface area contributed by atoms with Crippen molar-refractivity contribution in [1.29, 1.82) is 0 Å². The van der Waals surface area contributed by atoms with Gasteiger partial charge in [-0.05, 0) is 47.0 Å². The molecule has 1 unspecified atom stereocenters. The van der Waals surface area contributed by atoms with Crippen molar-refractivity contribution in [3.8, 4) is 0 Å². The number of nitrogens with zero attached hydrogens (tertiary/aromatic N) is 2. The molecule has 1 atom stereocenters. The Morgan fingerprint density at radius 1 is 1.24 bits per heavy atom. The smallest absolute Gasteiger partial charge is 0.0766 e. The summed E-state index contributed by atoms with van der Waals surface area (Å²) in [5.74, 6) is 0. The molecule has 1 heterocycles. The number of aromatic nitrogens is 2. The van der Waals surface area contributed by atoms with Crippen LogP contribution in [0.15, 0.2) is 31.6 Å². The molecule has 0 radical (unpaired) electrons. The van der Waals surface area contributed by atoms with Crippen molar-refractivity contribution in [1.82, 2.24) is 9.78 Å². The lowest BCUT2D eigenvalue weighted by Gasteiger charge is -2.15. The van der Waals surface area contributed by atoms with Gasteiger partial charge in [-0.25, -0.2) is 0 Å². The lowest BCUT2D eigenvalue weighted by Crippen LogP contribution is -2.17. The molecule has 0 spiro atoms. The Hall–Kier alpha value is -0.170. The summed E-state index contributed by atoms with van der Waals surface area (Å²) in [4.78, 5) is 0. The monoisotopic (exact) mass is 477 g/mol. The van der Waals surface area contributed by atoms with Crippen LogP contribution in [0.4, 0.5) is 0 Å². The fourth-order valence-corrected chi connectivity index (χ4v) is 4.40. The highest BCUT2D eigenvalue weighted by atomic mass is 79.9. The van der Waals surface area contributed by atoms with E-state index in [1.165, 1.54) is 0 Å². The molecule has 3 nitrogen and oxygen atoms in total. The number of hydrogen-bond acceptors (Lipinski definition) is 2. The van der Waals surface area contributed by atoms with Gasteiger partial charge >= 0.3 is 0 Å². The van der Waals surface area contributed by atoms with Crippen LogP contribution in [-0.2, 0) is 19.4 Å². The number of rotatable bonds is 5. The van der Waals surface area contributed by atoms with Crippen molar-refractivity contribution >= 4 is 47.8 Å². The summed E-state index contributed by atoms with van der Waals surface area (Å²) in [5, 5.41) is 4.63. The van der Waals surface area contributed by atoms with Crippen LogP contribution in [0, 0.1) is 0 Å². The minimum absolute atomic E-state index is 0.0736. The third kappa shape index (κ3) is 3.78. The molecule has 0 bridgehead atoms. The number of nitrogens with two attached hydrogens (primary N) is 1. The van der Waals surface area contributed by atoms with Gasteiger partial charge in [-0.2, -0.15) is 5.10 Å². The van der Waals surface area contributed by atoms with Gasteiger partial charge in [0.2, 0.25) is 0 Å². The van der Waals surface area contributed by atoms with Crippen LogP contribution in [-0.4, -0.2) is 9.78 Å². The zero-order valence-electron chi connectivity index (χ0n) is 12.0. The molecule has 2 N–H and O–H groups in total. The van der Waals surface area contributed by atoms with E-state index in [-0.39, 0.29) is 6.04 Å². The summed E-state index contributed by atoms with van der Waals surface area (Å²) in [6, 6.07) is 6.03. The summed E-state index contributed by atoms with van der Waals surface area (Å²) >= 11 is 10.7. The van der Waals surface area contributed by atoms with Crippen molar-refractivity contribution < 1.29 is 0 Å². The van der Waals surface area contributed by atoms with Crippen LogP contribution in [0.2, 0.25) is 0 Å². The Bertz CT molecular complexity index is 637. The third-order valence-electron chi connectivity index (χ3n) is 3.47. The van der Waals surface area contributed by atoms with Crippen molar-refractivity contribution in [3.63, 3.8) is 0 Å². The fraction of sp³-hybridized carbons (Fsp3) is 0.400.